The molecule has 0 fully saturated rings. The van der Waals surface area contributed by atoms with Crippen LogP contribution >= 0.6 is 0 Å². The molecular formula is C6H16Si. The highest BCUT2D eigenvalue weighted by molar-refractivity contribution is 6.59. The maximum atomic E-state index is 7.72. The average molecular weight is 118 g/mol. The Hall–Kier alpha value is 0.217. The van der Waals surface area contributed by atoms with Crippen molar-refractivity contribution >= 4 is 8.73 Å². The number of rotatable bonds is 0. The minimum atomic E-state index is -1.61. The topological polar surface area (TPSA) is 0 Å². The van der Waals surface area contributed by atoms with E-state index in [9.17, 15) is 0 Å². The van der Waals surface area contributed by atoms with Crippen molar-refractivity contribution in [3.8, 4) is 0 Å². The van der Waals surface area contributed by atoms with E-state index in [1.807, 2.05) is 0 Å². The first-order valence-electron chi connectivity index (χ1n) is 3.25. The molecule has 0 nitrogen and oxygen atoms in total. The Morgan fingerprint density at radius 3 is 1.43 bits per heavy atom. The minimum Gasteiger partial charge on any atom is -0.0718 e. The summed E-state index contributed by atoms with van der Waals surface area (Å²) in [7, 11) is -1.61. The molecule has 0 N–H and O–H groups in total. The Morgan fingerprint density at radius 1 is 1.29 bits per heavy atom. The van der Waals surface area contributed by atoms with Gasteiger partial charge in [-0.15, -0.1) is 0 Å². The van der Waals surface area contributed by atoms with Gasteiger partial charge >= 0.3 is 0 Å². The largest absolute Gasteiger partial charge is 0.0718 e. The summed E-state index contributed by atoms with van der Waals surface area (Å²) in [5.41, 5.74) is 0. The van der Waals surface area contributed by atoms with Crippen LogP contribution in [-0.2, 0) is 0 Å². The zero-order valence-electron chi connectivity index (χ0n) is 7.00. The van der Waals surface area contributed by atoms with Gasteiger partial charge in [0.15, 0.2) is 0 Å². The van der Waals surface area contributed by atoms with Crippen molar-refractivity contribution < 1.29 is 0 Å². The average Bonchev–Trinajstić information content (AvgIpc) is 1.25. The fourth-order valence-corrected chi connectivity index (χ4v) is 0. The van der Waals surface area contributed by atoms with Crippen LogP contribution in [0, 0.1) is 0 Å². The van der Waals surface area contributed by atoms with Gasteiger partial charge in [0.05, 0.1) is 0 Å². The van der Waals surface area contributed by atoms with E-state index < -0.39 is 8.73 Å². The molecule has 44 valence electrons. The Balaban J connectivity index is 4.02. The Bertz CT molecular complexity index is 63.5. The van der Waals surface area contributed by atoms with Crippen LogP contribution in [0.4, 0.5) is 0 Å². The first kappa shape index (κ1) is 5.36. The molecule has 0 amide bonds. The lowest BCUT2D eigenvalue weighted by Crippen LogP contribution is -2.16. The molecule has 0 bridgehead atoms. The van der Waals surface area contributed by atoms with Crippen LogP contribution in [0.1, 0.15) is 20.8 Å². The van der Waals surface area contributed by atoms with Crippen LogP contribution in [-0.4, -0.2) is 9.96 Å². The smallest absolute Gasteiger partial charge is 0.0361 e. The van der Waals surface area contributed by atoms with Crippen molar-refractivity contribution in [2.45, 2.75) is 38.9 Å². The normalized spacial score (nSPS) is 16.4. The molecule has 0 saturated heterocycles. The summed E-state index contributed by atoms with van der Waals surface area (Å²) in [4.78, 5) is 0. The molecule has 0 heterocycles. The van der Waals surface area contributed by atoms with Crippen molar-refractivity contribution in [2.75, 3.05) is 0 Å². The lowest BCUT2D eigenvalue weighted by atomic mass is 10.2. The predicted molar refractivity (Wildman–Crippen MR) is 38.6 cm³/mol. The highest BCUT2D eigenvalue weighted by atomic mass is 28.3. The second-order valence-corrected chi connectivity index (χ2v) is 6.75. The molecule has 0 aromatic rings. The van der Waals surface area contributed by atoms with E-state index in [0.29, 0.717) is 0 Å². The van der Waals surface area contributed by atoms with E-state index in [1.54, 1.807) is 0 Å². The second kappa shape index (κ2) is 1.99. The van der Waals surface area contributed by atoms with Crippen molar-refractivity contribution in [3.63, 3.8) is 0 Å². The lowest BCUT2D eigenvalue weighted by Gasteiger charge is -2.21. The molecule has 0 aliphatic carbocycles. The molecular weight excluding hydrogens is 100 g/mol. The maximum Gasteiger partial charge on any atom is 0.0361 e. The van der Waals surface area contributed by atoms with Gasteiger partial charge < -0.3 is 0 Å². The summed E-state index contributed by atoms with van der Waals surface area (Å²) >= 11 is 0. The molecule has 0 spiro atoms. The number of hydrogen-bond donors (Lipinski definition) is 0. The van der Waals surface area contributed by atoms with Gasteiger partial charge in [-0.1, -0.05) is 33.9 Å². The van der Waals surface area contributed by atoms with E-state index in [4.69, 9.17) is 1.23 Å². The van der Waals surface area contributed by atoms with Gasteiger partial charge in [0.1, 0.15) is 0 Å². The van der Waals surface area contributed by atoms with E-state index in [2.05, 4.69) is 33.9 Å². The van der Waals surface area contributed by atoms with E-state index in [-0.39, 0.29) is 5.04 Å². The van der Waals surface area contributed by atoms with Gasteiger partial charge in [-0.3, -0.25) is 0 Å². The van der Waals surface area contributed by atoms with Crippen LogP contribution in [0.5, 0.6) is 0 Å². The molecule has 0 saturated carbocycles. The van der Waals surface area contributed by atoms with Gasteiger partial charge in [0.2, 0.25) is 0 Å². The maximum absolute atomic E-state index is 7.72. The molecule has 0 aromatic carbocycles. The third-order valence-electron chi connectivity index (χ3n) is 1.50. The van der Waals surface area contributed by atoms with Gasteiger partial charge in [-0.25, -0.2) is 0 Å². The summed E-state index contributed by atoms with van der Waals surface area (Å²) in [5.74, 6) is 0. The fraction of sp³-hybridized carbons (Fsp3) is 1.00. The lowest BCUT2D eigenvalue weighted by molar-refractivity contribution is 0.742. The van der Waals surface area contributed by atoms with Crippen LogP contribution < -0.4 is 0 Å². The highest BCUT2D eigenvalue weighted by Crippen LogP contribution is 2.25. The molecule has 0 atom stereocenters. The molecule has 0 radical (unpaired) electrons. The SMILES string of the molecule is [3H][Si](C)(C)C(C)(C)C. The quantitative estimate of drug-likeness (QED) is 0.428. The zero-order valence-corrected chi connectivity index (χ0v) is 7.00. The molecule has 0 aromatic heterocycles. The van der Waals surface area contributed by atoms with Gasteiger partial charge in [-0.05, 0) is 5.04 Å². The molecule has 1 heteroatoms. The fourth-order valence-electron chi connectivity index (χ4n) is 0. The summed E-state index contributed by atoms with van der Waals surface area (Å²) in [5, 5.41) is 0.243. The Labute approximate surface area is 49.8 Å². The molecule has 0 rings (SSSR count). The standard InChI is InChI=1S/C6H16Si/c1-6(2,3)7(4)5/h7H,1-5H3/i7T. The third-order valence-corrected chi connectivity index (χ3v) is 4.50. The summed E-state index contributed by atoms with van der Waals surface area (Å²) in [6, 6.07) is 0. The molecule has 0 unspecified atom stereocenters. The van der Waals surface area contributed by atoms with E-state index >= 15 is 0 Å². The minimum absolute atomic E-state index is 0.243. The van der Waals surface area contributed by atoms with Crippen molar-refractivity contribution in [1.29, 1.82) is 1.23 Å². The van der Waals surface area contributed by atoms with Crippen LogP contribution in [0.2, 0.25) is 18.1 Å². The van der Waals surface area contributed by atoms with Gasteiger partial charge in [-0.2, -0.15) is 0 Å². The van der Waals surface area contributed by atoms with Crippen molar-refractivity contribution in [1.82, 2.24) is 0 Å². The highest BCUT2D eigenvalue weighted by Gasteiger charge is 2.15. The van der Waals surface area contributed by atoms with Crippen molar-refractivity contribution in [2.24, 2.45) is 0 Å². The number of hydrogen-bond acceptors (Lipinski definition) is 0. The van der Waals surface area contributed by atoms with Gasteiger partial charge in [0.25, 0.3) is 0 Å². The molecule has 7 heavy (non-hydrogen) atoms. The monoisotopic (exact) mass is 118 g/mol. The van der Waals surface area contributed by atoms with Crippen LogP contribution in [0.15, 0.2) is 0 Å². The first-order chi connectivity index (χ1) is 3.25. The summed E-state index contributed by atoms with van der Waals surface area (Å²) in [6.07, 6.45) is 0. The summed E-state index contributed by atoms with van der Waals surface area (Å²) in [6.45, 7) is 10.6. The molecule has 0 aliphatic heterocycles. The zero-order chi connectivity index (χ0) is 7.00. The van der Waals surface area contributed by atoms with Gasteiger partial charge in [0, 0.05) is 9.96 Å². The second-order valence-electron chi connectivity index (χ2n) is 3.25. The molecule has 0 aliphatic rings. The van der Waals surface area contributed by atoms with E-state index in [1.165, 1.54) is 0 Å². The van der Waals surface area contributed by atoms with E-state index in [0.717, 1.165) is 0 Å². The predicted octanol–water partition coefficient (Wildman–Crippen LogP) is 2.27. The van der Waals surface area contributed by atoms with Crippen LogP contribution in [0.3, 0.4) is 0 Å². The third kappa shape index (κ3) is 2.86. The first-order valence-corrected chi connectivity index (χ1v) is 5.25. The summed E-state index contributed by atoms with van der Waals surface area (Å²) < 4.78 is 7.72. The van der Waals surface area contributed by atoms with Crippen LogP contribution in [0.25, 0.3) is 0 Å². The van der Waals surface area contributed by atoms with Crippen molar-refractivity contribution in [3.05, 3.63) is 0 Å². The Morgan fingerprint density at radius 2 is 1.43 bits per heavy atom. The Kier molecular flexibility index (Phi) is 1.52.